The molecule has 8 nitrogen and oxygen atoms in total. The topological polar surface area (TPSA) is 86.7 Å². The number of amides is 1. The van der Waals surface area contributed by atoms with Crippen molar-refractivity contribution < 1.29 is 4.79 Å². The average Bonchev–Trinajstić information content (AvgIpc) is 3.50. The molecule has 162 valence electrons. The van der Waals surface area contributed by atoms with Crippen molar-refractivity contribution in [3.63, 3.8) is 0 Å². The lowest BCUT2D eigenvalue weighted by atomic mass is 10.3. The molecule has 2 heterocycles. The zero-order valence-electron chi connectivity index (χ0n) is 17.9. The zero-order valence-corrected chi connectivity index (χ0v) is 18.7. The van der Waals surface area contributed by atoms with E-state index in [-0.39, 0.29) is 17.2 Å². The molecule has 4 rings (SSSR count). The summed E-state index contributed by atoms with van der Waals surface area (Å²) in [6.45, 7) is 8.04. The number of rotatable bonds is 8. The molecule has 0 unspecified atom stereocenters. The third-order valence-electron chi connectivity index (χ3n) is 5.45. The van der Waals surface area contributed by atoms with Crippen molar-refractivity contribution in [3.8, 4) is 5.69 Å². The minimum absolute atomic E-state index is 0.253. The Kier molecular flexibility index (Phi) is 5.86. The third kappa shape index (κ3) is 4.10. The molecule has 0 saturated heterocycles. The molecule has 0 radical (unpaired) electrons. The second kappa shape index (κ2) is 8.58. The molecule has 0 bridgehead atoms. The molecule has 1 aliphatic carbocycles. The number of thioether (sulfide) groups is 1. The first-order valence-corrected chi connectivity index (χ1v) is 11.2. The number of anilines is 1. The van der Waals surface area contributed by atoms with Crippen LogP contribution in [0.3, 0.4) is 0 Å². The van der Waals surface area contributed by atoms with Crippen LogP contribution in [-0.2, 0) is 18.4 Å². The minimum Gasteiger partial charge on any atom is -0.319 e. The molecule has 0 aliphatic heterocycles. The van der Waals surface area contributed by atoms with E-state index in [1.54, 1.807) is 23.3 Å². The van der Waals surface area contributed by atoms with Gasteiger partial charge in [-0.3, -0.25) is 14.3 Å². The van der Waals surface area contributed by atoms with Crippen molar-refractivity contribution in [2.45, 2.75) is 49.6 Å². The normalized spacial score (nSPS) is 14.4. The highest BCUT2D eigenvalue weighted by Gasteiger charge is 2.31. The van der Waals surface area contributed by atoms with Crippen molar-refractivity contribution in [3.05, 3.63) is 64.9 Å². The van der Waals surface area contributed by atoms with Gasteiger partial charge >= 0.3 is 0 Å². The summed E-state index contributed by atoms with van der Waals surface area (Å²) < 4.78 is 5.31. The number of para-hydroxylation sites is 1. The number of benzene rings is 1. The molecule has 1 aliphatic rings. The first kappa shape index (κ1) is 21.2. The smallest absolute Gasteiger partial charge is 0.295 e. The number of aromatic nitrogens is 5. The molecular weight excluding hydrogens is 412 g/mol. The SMILES string of the molecule is C=CCn1c(S[C@@H](C)C(=O)Nc2c(C)n(C)n(-c3ccccc3)c2=O)nnc1C1CC1. The fourth-order valence-electron chi connectivity index (χ4n) is 3.48. The number of nitrogens with one attached hydrogen (secondary N) is 1. The summed E-state index contributed by atoms with van der Waals surface area (Å²) in [5.74, 6) is 1.16. The van der Waals surface area contributed by atoms with Gasteiger partial charge in [0, 0.05) is 19.5 Å². The molecule has 1 aromatic carbocycles. The predicted molar refractivity (Wildman–Crippen MR) is 122 cm³/mol. The summed E-state index contributed by atoms with van der Waals surface area (Å²) in [6, 6.07) is 9.35. The Morgan fingerprint density at radius 2 is 2.03 bits per heavy atom. The molecule has 0 spiro atoms. The van der Waals surface area contributed by atoms with Gasteiger partial charge in [-0.05, 0) is 38.8 Å². The fourth-order valence-corrected chi connectivity index (χ4v) is 4.35. The van der Waals surface area contributed by atoms with Crippen molar-refractivity contribution in [2.75, 3.05) is 5.32 Å². The highest BCUT2D eigenvalue weighted by molar-refractivity contribution is 8.00. The number of nitrogens with zero attached hydrogens (tertiary/aromatic N) is 5. The minimum atomic E-state index is -0.455. The van der Waals surface area contributed by atoms with Crippen LogP contribution < -0.4 is 10.9 Å². The first-order chi connectivity index (χ1) is 14.9. The Balaban J connectivity index is 1.54. The van der Waals surface area contributed by atoms with Crippen molar-refractivity contribution in [2.24, 2.45) is 7.05 Å². The van der Waals surface area contributed by atoms with Gasteiger partial charge < -0.3 is 9.88 Å². The first-order valence-electron chi connectivity index (χ1n) is 10.3. The molecule has 31 heavy (non-hydrogen) atoms. The number of hydrogen-bond acceptors (Lipinski definition) is 5. The largest absolute Gasteiger partial charge is 0.319 e. The second-order valence-corrected chi connectivity index (χ2v) is 9.01. The fraction of sp³-hybridized carbons (Fsp3) is 0.364. The zero-order chi connectivity index (χ0) is 22.1. The van der Waals surface area contributed by atoms with Gasteiger partial charge in [-0.25, -0.2) is 4.68 Å². The summed E-state index contributed by atoms with van der Waals surface area (Å²) in [4.78, 5) is 26.0. The number of carbonyl (C=O) groups is 1. The van der Waals surface area contributed by atoms with E-state index in [0.29, 0.717) is 23.3 Å². The van der Waals surface area contributed by atoms with Gasteiger partial charge in [0.15, 0.2) is 5.16 Å². The Bertz CT molecular complexity index is 1170. The van der Waals surface area contributed by atoms with Crippen LogP contribution in [0.5, 0.6) is 0 Å². The highest BCUT2D eigenvalue weighted by Crippen LogP contribution is 2.40. The van der Waals surface area contributed by atoms with E-state index in [2.05, 4.69) is 22.1 Å². The lowest BCUT2D eigenvalue weighted by Gasteiger charge is -2.12. The van der Waals surface area contributed by atoms with Gasteiger partial charge in [0.1, 0.15) is 11.5 Å². The van der Waals surface area contributed by atoms with Gasteiger partial charge in [0.25, 0.3) is 5.56 Å². The monoisotopic (exact) mass is 438 g/mol. The lowest BCUT2D eigenvalue weighted by Crippen LogP contribution is -2.27. The van der Waals surface area contributed by atoms with Crippen molar-refractivity contribution in [1.82, 2.24) is 24.1 Å². The summed E-state index contributed by atoms with van der Waals surface area (Å²) in [5.41, 5.74) is 1.45. The lowest BCUT2D eigenvalue weighted by molar-refractivity contribution is -0.115. The van der Waals surface area contributed by atoms with Crippen molar-refractivity contribution >= 4 is 23.4 Å². The van der Waals surface area contributed by atoms with Gasteiger partial charge in [-0.15, -0.1) is 16.8 Å². The standard InChI is InChI=1S/C22H26N6O2S/c1-5-13-27-19(16-11-12-16)24-25-22(27)31-15(3)20(29)23-18-14(2)26(4)28(21(18)30)17-9-7-6-8-10-17/h5-10,15-16H,1,11-13H2,2-4H3,(H,23,29)/t15-/m0/s1. The van der Waals surface area contributed by atoms with E-state index in [0.717, 1.165) is 24.4 Å². The van der Waals surface area contributed by atoms with E-state index in [9.17, 15) is 9.59 Å². The summed E-state index contributed by atoms with van der Waals surface area (Å²) in [5, 5.41) is 11.7. The second-order valence-electron chi connectivity index (χ2n) is 7.70. The highest BCUT2D eigenvalue weighted by atomic mass is 32.2. The van der Waals surface area contributed by atoms with Crippen molar-refractivity contribution in [1.29, 1.82) is 0 Å². The van der Waals surface area contributed by atoms with Gasteiger partial charge in [0.05, 0.1) is 16.6 Å². The van der Waals surface area contributed by atoms with Crippen LogP contribution in [0.4, 0.5) is 5.69 Å². The van der Waals surface area contributed by atoms with E-state index in [4.69, 9.17) is 0 Å². The van der Waals surface area contributed by atoms with Gasteiger partial charge in [0.2, 0.25) is 5.91 Å². The average molecular weight is 439 g/mol. The quantitative estimate of drug-likeness (QED) is 0.431. The van der Waals surface area contributed by atoms with E-state index < -0.39 is 5.25 Å². The molecule has 1 N–H and O–H groups in total. The number of carbonyl (C=O) groups excluding carboxylic acids is 1. The van der Waals surface area contributed by atoms with Gasteiger partial charge in [-0.1, -0.05) is 36.0 Å². The van der Waals surface area contributed by atoms with Crippen LogP contribution >= 0.6 is 11.8 Å². The molecule has 9 heteroatoms. The van der Waals surface area contributed by atoms with Crippen LogP contribution in [-0.4, -0.2) is 35.3 Å². The third-order valence-corrected chi connectivity index (χ3v) is 6.53. The van der Waals surface area contributed by atoms with Crippen LogP contribution in [0.2, 0.25) is 0 Å². The molecular formula is C22H26N6O2S. The van der Waals surface area contributed by atoms with Crippen LogP contribution in [0.15, 0.2) is 52.9 Å². The van der Waals surface area contributed by atoms with Crippen LogP contribution in [0, 0.1) is 6.92 Å². The number of hydrogen-bond donors (Lipinski definition) is 1. The Hall–Kier alpha value is -3.07. The van der Waals surface area contributed by atoms with E-state index >= 15 is 0 Å². The Morgan fingerprint density at radius 3 is 2.68 bits per heavy atom. The molecule has 1 amide bonds. The van der Waals surface area contributed by atoms with E-state index in [1.165, 1.54) is 11.8 Å². The predicted octanol–water partition coefficient (Wildman–Crippen LogP) is 3.26. The molecule has 3 aromatic rings. The molecule has 1 atom stereocenters. The maximum atomic E-state index is 13.0. The Morgan fingerprint density at radius 1 is 1.32 bits per heavy atom. The van der Waals surface area contributed by atoms with Gasteiger partial charge in [-0.2, -0.15) is 0 Å². The molecule has 1 fully saturated rings. The summed E-state index contributed by atoms with van der Waals surface area (Å²) in [7, 11) is 1.80. The summed E-state index contributed by atoms with van der Waals surface area (Å²) >= 11 is 1.34. The molecule has 2 aromatic heterocycles. The molecule has 1 saturated carbocycles. The maximum Gasteiger partial charge on any atom is 0.295 e. The van der Waals surface area contributed by atoms with Crippen LogP contribution in [0.1, 0.15) is 37.2 Å². The summed E-state index contributed by atoms with van der Waals surface area (Å²) in [6.07, 6.45) is 4.05. The number of allylic oxidation sites excluding steroid dienone is 1. The Labute approximate surface area is 185 Å². The van der Waals surface area contributed by atoms with E-state index in [1.807, 2.05) is 47.9 Å². The maximum absolute atomic E-state index is 13.0. The van der Waals surface area contributed by atoms with Crippen LogP contribution in [0.25, 0.3) is 5.69 Å².